The molecule has 4 heteroatoms. The maximum atomic E-state index is 13.4. The molecule has 0 saturated carbocycles. The number of carbonyl (C=O) groups is 2. The number of ketones is 1. The second kappa shape index (κ2) is 8.79. The van der Waals surface area contributed by atoms with Crippen LogP contribution in [0.3, 0.4) is 0 Å². The Morgan fingerprint density at radius 3 is 2.11 bits per heavy atom. The van der Waals surface area contributed by atoms with Gasteiger partial charge in [0, 0.05) is 6.54 Å². The lowest BCUT2D eigenvalue weighted by atomic mass is 10.00. The molecule has 0 N–H and O–H groups in total. The normalized spacial score (nSPS) is 13.7. The summed E-state index contributed by atoms with van der Waals surface area (Å²) in [5.74, 6) is -0.520. The molecule has 0 spiro atoms. The van der Waals surface area contributed by atoms with Gasteiger partial charge >= 0.3 is 0 Å². The van der Waals surface area contributed by atoms with E-state index in [-0.39, 0.29) is 23.3 Å². The molecule has 2 aromatic carbocycles. The lowest BCUT2D eigenvalue weighted by molar-refractivity contribution is -0.129. The van der Waals surface area contributed by atoms with E-state index in [0.29, 0.717) is 12.1 Å². The Kier molecular flexibility index (Phi) is 5.98. The Hall–Kier alpha value is -3.71. The number of hydrogen-bond donors (Lipinski definition) is 0. The molecule has 138 valence electrons. The zero-order chi connectivity index (χ0) is 19.9. The lowest BCUT2D eigenvalue weighted by Crippen LogP contribution is -2.34. The second-order valence-corrected chi connectivity index (χ2v) is 6.52. The summed E-state index contributed by atoms with van der Waals surface area (Å²) in [6, 6.07) is 21.2. The van der Waals surface area contributed by atoms with Crippen molar-refractivity contribution >= 4 is 11.7 Å². The number of carbonyl (C=O) groups excluding carboxylic acids is 2. The van der Waals surface area contributed by atoms with Crippen LogP contribution in [0.4, 0.5) is 0 Å². The number of rotatable bonds is 5. The van der Waals surface area contributed by atoms with Gasteiger partial charge in [-0.15, -0.1) is 0 Å². The van der Waals surface area contributed by atoms with Crippen LogP contribution >= 0.6 is 0 Å². The lowest BCUT2D eigenvalue weighted by Gasteiger charge is -2.30. The maximum absolute atomic E-state index is 13.4. The molecule has 0 saturated heterocycles. The van der Waals surface area contributed by atoms with Gasteiger partial charge in [0.15, 0.2) is 5.78 Å². The first kappa shape index (κ1) is 19.1. The predicted octanol–water partition coefficient (Wildman–Crippen LogP) is 4.29. The largest absolute Gasteiger partial charge is 0.327 e. The van der Waals surface area contributed by atoms with Crippen molar-refractivity contribution in [3.63, 3.8) is 0 Å². The van der Waals surface area contributed by atoms with E-state index in [0.717, 1.165) is 11.1 Å². The molecular weight excluding hydrogens is 348 g/mol. The number of amides is 1. The van der Waals surface area contributed by atoms with Gasteiger partial charge < -0.3 is 4.90 Å². The fourth-order valence-electron chi connectivity index (χ4n) is 3.08. The van der Waals surface area contributed by atoms with E-state index in [1.54, 1.807) is 4.90 Å². The summed E-state index contributed by atoms with van der Waals surface area (Å²) in [7, 11) is 0. The minimum absolute atomic E-state index is 0.0266. The Labute approximate surface area is 164 Å². The number of hydrogen-bond acceptors (Lipinski definition) is 3. The molecule has 0 unspecified atom stereocenters. The van der Waals surface area contributed by atoms with E-state index in [4.69, 9.17) is 0 Å². The van der Waals surface area contributed by atoms with Crippen molar-refractivity contribution in [1.82, 2.24) is 4.90 Å². The van der Waals surface area contributed by atoms with Crippen molar-refractivity contribution in [3.8, 4) is 6.07 Å². The van der Waals surface area contributed by atoms with Gasteiger partial charge in [0.05, 0.1) is 6.04 Å². The first-order valence-electron chi connectivity index (χ1n) is 9.04. The summed E-state index contributed by atoms with van der Waals surface area (Å²) in [6.07, 6.45) is 5.77. The third-order valence-electron chi connectivity index (χ3n) is 4.67. The summed E-state index contributed by atoms with van der Waals surface area (Å²) >= 11 is 0. The van der Waals surface area contributed by atoms with Crippen LogP contribution in [-0.2, 0) is 16.1 Å². The maximum Gasteiger partial charge on any atom is 0.265 e. The molecule has 0 aromatic heterocycles. The average Bonchev–Trinajstić information content (AvgIpc) is 2.74. The molecule has 3 rings (SSSR count). The fourth-order valence-corrected chi connectivity index (χ4v) is 3.08. The molecule has 2 aromatic rings. The van der Waals surface area contributed by atoms with Crippen LogP contribution < -0.4 is 0 Å². The first-order valence-corrected chi connectivity index (χ1v) is 9.04. The average molecular weight is 368 g/mol. The van der Waals surface area contributed by atoms with Gasteiger partial charge in [-0.2, -0.15) is 5.26 Å². The summed E-state index contributed by atoms with van der Waals surface area (Å²) < 4.78 is 0. The van der Waals surface area contributed by atoms with Crippen LogP contribution in [0.5, 0.6) is 0 Å². The van der Waals surface area contributed by atoms with E-state index < -0.39 is 0 Å². The van der Waals surface area contributed by atoms with Crippen molar-refractivity contribution in [3.05, 3.63) is 107 Å². The molecule has 0 heterocycles. The summed E-state index contributed by atoms with van der Waals surface area (Å²) in [5.41, 5.74) is 2.44. The SMILES string of the molecule is C[C@@H](c1ccccc1)N(Cc1ccccc1)C(=O)C(C#N)=C1C=CC(=O)C=C1. The van der Waals surface area contributed by atoms with Crippen LogP contribution in [0, 0.1) is 11.3 Å². The topological polar surface area (TPSA) is 61.2 Å². The highest BCUT2D eigenvalue weighted by Crippen LogP contribution is 2.26. The number of benzene rings is 2. The Morgan fingerprint density at radius 1 is 0.964 bits per heavy atom. The van der Waals surface area contributed by atoms with Gasteiger partial charge in [0.25, 0.3) is 5.91 Å². The highest BCUT2D eigenvalue weighted by molar-refractivity contribution is 6.04. The zero-order valence-electron chi connectivity index (χ0n) is 15.6. The van der Waals surface area contributed by atoms with Gasteiger partial charge in [-0.25, -0.2) is 0 Å². The minimum atomic E-state index is -0.360. The van der Waals surface area contributed by atoms with Gasteiger partial charge in [-0.1, -0.05) is 60.7 Å². The highest BCUT2D eigenvalue weighted by Gasteiger charge is 2.26. The zero-order valence-corrected chi connectivity index (χ0v) is 15.6. The molecule has 0 radical (unpaired) electrons. The Bertz CT molecular complexity index is 978. The van der Waals surface area contributed by atoms with Crippen LogP contribution in [0.15, 0.2) is 96.1 Å². The van der Waals surface area contributed by atoms with Crippen LogP contribution in [0.25, 0.3) is 0 Å². The van der Waals surface area contributed by atoms with Gasteiger partial charge in [-0.05, 0) is 47.9 Å². The summed E-state index contributed by atoms with van der Waals surface area (Å²) in [5, 5.41) is 9.67. The predicted molar refractivity (Wildman–Crippen MR) is 108 cm³/mol. The molecule has 0 fully saturated rings. The van der Waals surface area contributed by atoms with E-state index in [1.807, 2.05) is 73.7 Å². The monoisotopic (exact) mass is 368 g/mol. The standard InChI is InChI=1S/C24H20N2O2/c1-18(20-10-6-3-7-11-20)26(17-19-8-4-2-5-9-19)24(28)23(16-25)21-12-14-22(27)15-13-21/h2-15,18H,17H2,1H3/t18-/m0/s1. The van der Waals surface area contributed by atoms with E-state index >= 15 is 0 Å². The van der Waals surface area contributed by atoms with Crippen molar-refractivity contribution in [2.24, 2.45) is 0 Å². The van der Waals surface area contributed by atoms with Crippen molar-refractivity contribution in [1.29, 1.82) is 5.26 Å². The smallest absolute Gasteiger partial charge is 0.265 e. The highest BCUT2D eigenvalue weighted by atomic mass is 16.2. The third kappa shape index (κ3) is 4.33. The van der Waals surface area contributed by atoms with Gasteiger partial charge in [-0.3, -0.25) is 9.59 Å². The molecule has 0 bridgehead atoms. The van der Waals surface area contributed by atoms with E-state index in [1.165, 1.54) is 24.3 Å². The first-order chi connectivity index (χ1) is 13.6. The van der Waals surface area contributed by atoms with Crippen LogP contribution in [-0.4, -0.2) is 16.6 Å². The fraction of sp³-hybridized carbons (Fsp3) is 0.125. The molecule has 1 amide bonds. The van der Waals surface area contributed by atoms with Crippen LogP contribution in [0.2, 0.25) is 0 Å². The van der Waals surface area contributed by atoms with Gasteiger partial charge in [0.2, 0.25) is 0 Å². The van der Waals surface area contributed by atoms with E-state index in [2.05, 4.69) is 0 Å². The molecule has 1 aliphatic carbocycles. The second-order valence-electron chi connectivity index (χ2n) is 6.52. The number of nitriles is 1. The third-order valence-corrected chi connectivity index (χ3v) is 4.67. The minimum Gasteiger partial charge on any atom is -0.327 e. The molecule has 0 aliphatic heterocycles. The van der Waals surface area contributed by atoms with Gasteiger partial charge in [0.1, 0.15) is 11.6 Å². The Morgan fingerprint density at radius 2 is 1.54 bits per heavy atom. The molecule has 4 nitrogen and oxygen atoms in total. The van der Waals surface area contributed by atoms with Crippen LogP contribution in [0.1, 0.15) is 24.1 Å². The molecule has 1 atom stereocenters. The van der Waals surface area contributed by atoms with Crippen molar-refractivity contribution in [2.75, 3.05) is 0 Å². The molecular formula is C24H20N2O2. The quantitative estimate of drug-likeness (QED) is 0.584. The Balaban J connectivity index is 2.00. The molecule has 1 aliphatic rings. The number of nitrogens with zero attached hydrogens (tertiary/aromatic N) is 2. The van der Waals surface area contributed by atoms with Crippen molar-refractivity contribution in [2.45, 2.75) is 19.5 Å². The summed E-state index contributed by atoms with van der Waals surface area (Å²) in [6.45, 7) is 2.33. The summed E-state index contributed by atoms with van der Waals surface area (Å²) in [4.78, 5) is 26.4. The molecule has 28 heavy (non-hydrogen) atoms. The van der Waals surface area contributed by atoms with Crippen molar-refractivity contribution < 1.29 is 9.59 Å². The van der Waals surface area contributed by atoms with E-state index in [9.17, 15) is 14.9 Å². The number of allylic oxidation sites excluding steroid dienone is 5.